The lowest BCUT2D eigenvalue weighted by Crippen LogP contribution is -2.59. The molecular weight excluding hydrogens is 340 g/mol. The van der Waals surface area contributed by atoms with E-state index >= 15 is 0 Å². The zero-order chi connectivity index (χ0) is 18.8. The third kappa shape index (κ3) is 1.47. The molecule has 1 spiro atoms. The van der Waals surface area contributed by atoms with Gasteiger partial charge in [-0.15, -0.1) is 0 Å². The Morgan fingerprint density at radius 2 is 1.92 bits per heavy atom. The highest BCUT2D eigenvalue weighted by Crippen LogP contribution is 2.77. The van der Waals surface area contributed by atoms with E-state index in [9.17, 15) is 30.0 Å². The summed E-state index contributed by atoms with van der Waals surface area (Å²) in [6.45, 7) is 5.60. The Morgan fingerprint density at radius 1 is 1.23 bits per heavy atom. The number of carbonyl (C=O) groups is 2. The highest BCUT2D eigenvalue weighted by atomic mass is 16.6. The second-order valence-electron chi connectivity index (χ2n) is 9.37. The van der Waals surface area contributed by atoms with Crippen LogP contribution in [0.4, 0.5) is 0 Å². The fraction of sp³-hybridized carbons (Fsp3) is 0.789. The van der Waals surface area contributed by atoms with Crippen molar-refractivity contribution < 1.29 is 34.8 Å². The zero-order valence-electron chi connectivity index (χ0n) is 14.6. The molecule has 142 valence electrons. The molecule has 0 radical (unpaired) electrons. The second-order valence-corrected chi connectivity index (χ2v) is 9.37. The molecule has 5 fully saturated rings. The minimum absolute atomic E-state index is 0.0141. The number of aliphatic hydroxyl groups is 3. The summed E-state index contributed by atoms with van der Waals surface area (Å²) in [6, 6.07) is 0. The van der Waals surface area contributed by atoms with Gasteiger partial charge in [-0.3, -0.25) is 9.59 Å². The lowest BCUT2D eigenvalue weighted by atomic mass is 9.58. The van der Waals surface area contributed by atoms with Crippen LogP contribution in [-0.4, -0.2) is 56.3 Å². The van der Waals surface area contributed by atoms with Gasteiger partial charge in [0.05, 0.1) is 24.2 Å². The fourth-order valence-corrected chi connectivity index (χ4v) is 7.70. The van der Waals surface area contributed by atoms with Crippen molar-refractivity contribution in [3.8, 4) is 0 Å². The molecule has 10 atom stereocenters. The number of carbonyl (C=O) groups excluding carboxylic acids is 1. The topological polar surface area (TPSA) is 124 Å². The van der Waals surface area contributed by atoms with E-state index in [2.05, 4.69) is 6.58 Å². The highest BCUT2D eigenvalue weighted by molar-refractivity contribution is 5.85. The van der Waals surface area contributed by atoms with Crippen LogP contribution in [0.25, 0.3) is 0 Å². The Bertz CT molecular complexity index is 748. The van der Waals surface area contributed by atoms with Crippen LogP contribution >= 0.6 is 0 Å². The van der Waals surface area contributed by atoms with Gasteiger partial charge in [-0.2, -0.15) is 0 Å². The summed E-state index contributed by atoms with van der Waals surface area (Å²) >= 11 is 0. The maximum absolute atomic E-state index is 12.8. The first-order valence-corrected chi connectivity index (χ1v) is 9.27. The van der Waals surface area contributed by atoms with Crippen LogP contribution in [0.2, 0.25) is 0 Å². The van der Waals surface area contributed by atoms with Crippen molar-refractivity contribution in [2.24, 2.45) is 34.5 Å². The summed E-state index contributed by atoms with van der Waals surface area (Å²) < 4.78 is 5.86. The van der Waals surface area contributed by atoms with Crippen molar-refractivity contribution in [1.29, 1.82) is 0 Å². The van der Waals surface area contributed by atoms with E-state index in [0.717, 1.165) is 5.57 Å². The standard InChI is InChI=1S/C19H24O7/c1-7-4-18-5-8(7)9(20)3-11(18)19-6-10(21)14(22)17(2,16(25)26-19)13(19)12(18)15(23)24/h8-14,20-22H,1,3-6H2,2H3,(H,23,24)/t8?,9-,10-,11+,12+,13+,14-,17-,18-,19+/m0/s1. The molecule has 4 N–H and O–H groups in total. The molecule has 4 aliphatic carbocycles. The number of hydrogen-bond acceptors (Lipinski definition) is 6. The number of carboxylic acids is 1. The van der Waals surface area contributed by atoms with Gasteiger partial charge in [-0.1, -0.05) is 12.2 Å². The van der Waals surface area contributed by atoms with Gasteiger partial charge in [0, 0.05) is 24.2 Å². The van der Waals surface area contributed by atoms with Crippen LogP contribution in [0.15, 0.2) is 12.2 Å². The average molecular weight is 364 g/mol. The van der Waals surface area contributed by atoms with Gasteiger partial charge in [-0.25, -0.2) is 0 Å². The first kappa shape index (κ1) is 16.7. The lowest BCUT2D eigenvalue weighted by molar-refractivity contribution is -0.165. The van der Waals surface area contributed by atoms with E-state index in [1.165, 1.54) is 6.92 Å². The number of aliphatic carboxylic acids is 1. The predicted octanol–water partition coefficient (Wildman–Crippen LogP) is 0.0778. The Kier molecular flexibility index (Phi) is 2.90. The molecule has 0 aromatic carbocycles. The summed E-state index contributed by atoms with van der Waals surface area (Å²) in [7, 11) is 0. The van der Waals surface area contributed by atoms with Gasteiger partial charge in [0.15, 0.2) is 0 Å². The van der Waals surface area contributed by atoms with E-state index in [-0.39, 0.29) is 18.3 Å². The number of carboxylic acid groups (broad SMARTS) is 1. The SMILES string of the molecule is C=C1C[C@]23CC1[C@@H](O)C[C@H]2[C@@]12C[C@H](O)[C@H](O)[C@@](C)(C(=O)O1)[C@H]2[C@@H]3C(=O)O. The maximum atomic E-state index is 12.8. The molecule has 7 heteroatoms. The molecular formula is C19H24O7. The highest BCUT2D eigenvalue weighted by Gasteiger charge is 2.84. The predicted molar refractivity (Wildman–Crippen MR) is 86.6 cm³/mol. The third-order valence-electron chi connectivity index (χ3n) is 8.53. The Hall–Kier alpha value is -1.44. The number of aliphatic hydroxyl groups excluding tert-OH is 3. The molecule has 0 amide bonds. The van der Waals surface area contributed by atoms with Gasteiger partial charge in [0.2, 0.25) is 0 Å². The fourth-order valence-electron chi connectivity index (χ4n) is 7.70. The number of fused-ring (bicyclic) bond motifs is 1. The smallest absolute Gasteiger partial charge is 0.315 e. The van der Waals surface area contributed by atoms with Gasteiger partial charge in [0.1, 0.15) is 11.0 Å². The summed E-state index contributed by atoms with van der Waals surface area (Å²) in [6.07, 6.45) is -1.84. The largest absolute Gasteiger partial charge is 0.481 e. The lowest BCUT2D eigenvalue weighted by Gasteiger charge is -2.47. The molecule has 0 aromatic heterocycles. The van der Waals surface area contributed by atoms with E-state index in [1.54, 1.807) is 0 Å². The molecule has 4 saturated carbocycles. The molecule has 5 rings (SSSR count). The van der Waals surface area contributed by atoms with Crippen molar-refractivity contribution >= 4 is 11.9 Å². The van der Waals surface area contributed by atoms with Crippen LogP contribution in [-0.2, 0) is 14.3 Å². The minimum atomic E-state index is -1.46. The molecule has 0 aromatic rings. The summed E-state index contributed by atoms with van der Waals surface area (Å²) in [5, 5.41) is 41.9. The van der Waals surface area contributed by atoms with Gasteiger partial charge in [0.25, 0.3) is 0 Å². The summed E-state index contributed by atoms with van der Waals surface area (Å²) in [5.41, 5.74) is -2.40. The van der Waals surface area contributed by atoms with Crippen molar-refractivity contribution in [2.75, 3.05) is 0 Å². The molecule has 7 nitrogen and oxygen atoms in total. The van der Waals surface area contributed by atoms with Crippen molar-refractivity contribution in [3.05, 3.63) is 12.2 Å². The molecule has 1 unspecified atom stereocenters. The number of esters is 1. The van der Waals surface area contributed by atoms with Gasteiger partial charge in [-0.05, 0) is 31.6 Å². The zero-order valence-corrected chi connectivity index (χ0v) is 14.6. The maximum Gasteiger partial charge on any atom is 0.315 e. The molecule has 5 aliphatic rings. The molecule has 1 aliphatic heterocycles. The Labute approximate surface area is 150 Å². The Morgan fingerprint density at radius 3 is 2.58 bits per heavy atom. The van der Waals surface area contributed by atoms with Gasteiger partial charge >= 0.3 is 11.9 Å². The first-order chi connectivity index (χ1) is 12.1. The summed E-state index contributed by atoms with van der Waals surface area (Å²) in [4.78, 5) is 25.2. The van der Waals surface area contributed by atoms with E-state index in [1.807, 2.05) is 0 Å². The number of hydrogen-bond donors (Lipinski definition) is 4. The average Bonchev–Trinajstić information content (AvgIpc) is 3.04. The van der Waals surface area contributed by atoms with Crippen LogP contribution in [0, 0.1) is 34.5 Å². The second kappa shape index (κ2) is 4.51. The third-order valence-corrected chi connectivity index (χ3v) is 8.53. The monoisotopic (exact) mass is 364 g/mol. The number of ether oxygens (including phenoxy) is 1. The first-order valence-electron chi connectivity index (χ1n) is 9.27. The van der Waals surface area contributed by atoms with Crippen molar-refractivity contribution in [2.45, 2.75) is 56.5 Å². The van der Waals surface area contributed by atoms with Gasteiger partial charge < -0.3 is 25.2 Å². The minimum Gasteiger partial charge on any atom is -0.481 e. The van der Waals surface area contributed by atoms with E-state index in [4.69, 9.17) is 4.74 Å². The molecule has 1 heterocycles. The molecule has 26 heavy (non-hydrogen) atoms. The van der Waals surface area contributed by atoms with Crippen molar-refractivity contribution in [3.63, 3.8) is 0 Å². The van der Waals surface area contributed by atoms with Crippen molar-refractivity contribution in [1.82, 2.24) is 0 Å². The molecule has 4 bridgehead atoms. The van der Waals surface area contributed by atoms with E-state index in [0.29, 0.717) is 19.3 Å². The normalized spacial score (nSPS) is 59.8. The van der Waals surface area contributed by atoms with Crippen LogP contribution in [0.3, 0.4) is 0 Å². The van der Waals surface area contributed by atoms with E-state index < -0.39 is 58.5 Å². The number of rotatable bonds is 1. The van der Waals surface area contributed by atoms with Crippen LogP contribution < -0.4 is 0 Å². The quantitative estimate of drug-likeness (QED) is 0.384. The van der Waals surface area contributed by atoms with Crippen LogP contribution in [0.5, 0.6) is 0 Å². The summed E-state index contributed by atoms with van der Waals surface area (Å²) in [5.74, 6) is -3.73. The van der Waals surface area contributed by atoms with Crippen LogP contribution in [0.1, 0.15) is 32.6 Å². The molecule has 1 saturated heterocycles. The Balaban J connectivity index is 1.77.